The number of benzene rings is 1. The molecule has 0 radical (unpaired) electrons. The molecule has 0 amide bonds. The number of aryl methyl sites for hydroxylation is 1. The standard InChI is InChI=1S/C18H24O2S/c1-12-6-7-15(20-5)13(10-12)11-14(19)16-8-9-17(21-16)18(2,3)4/h6-10,14,19H,11H2,1-5H3. The number of aliphatic hydroxyl groups excluding tert-OH is 1. The minimum atomic E-state index is -0.484. The first-order valence-corrected chi connectivity index (χ1v) is 8.04. The SMILES string of the molecule is COc1ccc(C)cc1CC(O)c1ccc(C(C)(C)C)s1. The Labute approximate surface area is 131 Å². The van der Waals surface area contributed by atoms with E-state index in [-0.39, 0.29) is 5.41 Å². The second kappa shape index (κ2) is 6.20. The first kappa shape index (κ1) is 16.1. The van der Waals surface area contributed by atoms with Gasteiger partial charge >= 0.3 is 0 Å². The molecule has 1 atom stereocenters. The Morgan fingerprint density at radius 3 is 2.48 bits per heavy atom. The van der Waals surface area contributed by atoms with Crippen LogP contribution in [-0.4, -0.2) is 12.2 Å². The maximum atomic E-state index is 10.5. The summed E-state index contributed by atoms with van der Waals surface area (Å²) in [5, 5.41) is 10.5. The summed E-state index contributed by atoms with van der Waals surface area (Å²) >= 11 is 1.69. The van der Waals surface area contributed by atoms with Crippen LogP contribution in [-0.2, 0) is 11.8 Å². The Balaban J connectivity index is 2.20. The quantitative estimate of drug-likeness (QED) is 0.891. The number of hydrogen-bond acceptors (Lipinski definition) is 3. The highest BCUT2D eigenvalue weighted by Gasteiger charge is 2.19. The largest absolute Gasteiger partial charge is 0.496 e. The van der Waals surface area contributed by atoms with Gasteiger partial charge in [0.05, 0.1) is 13.2 Å². The Morgan fingerprint density at radius 1 is 1.19 bits per heavy atom. The lowest BCUT2D eigenvalue weighted by molar-refractivity contribution is 0.181. The summed E-state index contributed by atoms with van der Waals surface area (Å²) in [4.78, 5) is 2.32. The van der Waals surface area contributed by atoms with Crippen molar-refractivity contribution in [2.45, 2.75) is 45.6 Å². The van der Waals surface area contributed by atoms with Crippen molar-refractivity contribution in [2.75, 3.05) is 7.11 Å². The molecule has 114 valence electrons. The predicted octanol–water partition coefficient (Wildman–Crippen LogP) is 4.64. The van der Waals surface area contributed by atoms with Crippen LogP contribution < -0.4 is 4.74 Å². The molecule has 0 bridgehead atoms. The van der Waals surface area contributed by atoms with Crippen molar-refractivity contribution in [3.63, 3.8) is 0 Å². The molecule has 1 aromatic carbocycles. The van der Waals surface area contributed by atoms with Crippen molar-refractivity contribution < 1.29 is 9.84 Å². The van der Waals surface area contributed by atoms with Crippen LogP contribution in [0.3, 0.4) is 0 Å². The zero-order chi connectivity index (χ0) is 15.6. The van der Waals surface area contributed by atoms with E-state index >= 15 is 0 Å². The maximum Gasteiger partial charge on any atom is 0.122 e. The Hall–Kier alpha value is -1.32. The van der Waals surface area contributed by atoms with E-state index in [4.69, 9.17) is 4.74 Å². The van der Waals surface area contributed by atoms with Gasteiger partial charge in [-0.25, -0.2) is 0 Å². The molecule has 3 heteroatoms. The molecule has 1 aromatic heterocycles. The van der Waals surface area contributed by atoms with Crippen LogP contribution in [0, 0.1) is 6.92 Å². The smallest absolute Gasteiger partial charge is 0.122 e. The van der Waals surface area contributed by atoms with Gasteiger partial charge in [-0.3, -0.25) is 0 Å². The molecule has 1 heterocycles. The van der Waals surface area contributed by atoms with Gasteiger partial charge in [-0.2, -0.15) is 0 Å². The van der Waals surface area contributed by atoms with Gasteiger partial charge in [0.1, 0.15) is 5.75 Å². The third-order valence-electron chi connectivity index (χ3n) is 3.54. The fourth-order valence-electron chi connectivity index (χ4n) is 2.31. The molecule has 0 fully saturated rings. The number of aliphatic hydroxyl groups is 1. The van der Waals surface area contributed by atoms with Gasteiger partial charge in [0.15, 0.2) is 0 Å². The van der Waals surface area contributed by atoms with E-state index in [1.807, 2.05) is 18.2 Å². The third-order valence-corrected chi connectivity index (χ3v) is 5.16. The lowest BCUT2D eigenvalue weighted by Crippen LogP contribution is -2.08. The molecule has 21 heavy (non-hydrogen) atoms. The van der Waals surface area contributed by atoms with Gasteiger partial charge in [0.2, 0.25) is 0 Å². The third kappa shape index (κ3) is 3.86. The van der Waals surface area contributed by atoms with Crippen LogP contribution in [0.2, 0.25) is 0 Å². The predicted molar refractivity (Wildman–Crippen MR) is 89.4 cm³/mol. The number of methoxy groups -OCH3 is 1. The molecule has 0 aliphatic carbocycles. The van der Waals surface area contributed by atoms with Crippen LogP contribution in [0.25, 0.3) is 0 Å². The Bertz CT molecular complexity index is 608. The zero-order valence-corrected chi connectivity index (χ0v) is 14.3. The summed E-state index contributed by atoms with van der Waals surface area (Å²) in [7, 11) is 1.67. The molecule has 2 nitrogen and oxygen atoms in total. The molecular weight excluding hydrogens is 280 g/mol. The van der Waals surface area contributed by atoms with Gasteiger partial charge in [0.25, 0.3) is 0 Å². The van der Waals surface area contributed by atoms with Gasteiger partial charge in [0, 0.05) is 16.2 Å². The maximum absolute atomic E-state index is 10.5. The molecule has 0 saturated heterocycles. The molecule has 0 saturated carbocycles. The van der Waals surface area contributed by atoms with Gasteiger partial charge in [-0.15, -0.1) is 11.3 Å². The average Bonchev–Trinajstić information content (AvgIpc) is 2.88. The van der Waals surface area contributed by atoms with Crippen LogP contribution in [0.1, 0.15) is 47.8 Å². The Morgan fingerprint density at radius 2 is 1.90 bits per heavy atom. The van der Waals surface area contributed by atoms with E-state index in [1.54, 1.807) is 18.4 Å². The fourth-order valence-corrected chi connectivity index (χ4v) is 3.36. The average molecular weight is 304 g/mol. The van der Waals surface area contributed by atoms with Crippen molar-refractivity contribution in [1.82, 2.24) is 0 Å². The molecular formula is C18H24O2S. The number of hydrogen-bond donors (Lipinski definition) is 1. The lowest BCUT2D eigenvalue weighted by atomic mass is 9.95. The minimum Gasteiger partial charge on any atom is -0.496 e. The monoisotopic (exact) mass is 304 g/mol. The summed E-state index contributed by atoms with van der Waals surface area (Å²) in [6, 6.07) is 10.2. The van der Waals surface area contributed by atoms with E-state index in [9.17, 15) is 5.11 Å². The molecule has 0 spiro atoms. The molecule has 2 aromatic rings. The summed E-state index contributed by atoms with van der Waals surface area (Å²) in [5.41, 5.74) is 2.36. The summed E-state index contributed by atoms with van der Waals surface area (Å²) in [5.74, 6) is 0.840. The van der Waals surface area contributed by atoms with Crippen molar-refractivity contribution >= 4 is 11.3 Å². The number of ether oxygens (including phenoxy) is 1. The highest BCUT2D eigenvalue weighted by Crippen LogP contribution is 2.34. The molecule has 1 N–H and O–H groups in total. The molecule has 0 aliphatic heterocycles. The number of thiophene rings is 1. The van der Waals surface area contributed by atoms with Gasteiger partial charge < -0.3 is 9.84 Å². The molecule has 2 rings (SSSR count). The number of rotatable bonds is 4. The van der Waals surface area contributed by atoms with E-state index < -0.39 is 6.10 Å². The second-order valence-corrected chi connectivity index (χ2v) is 7.60. The van der Waals surface area contributed by atoms with Crippen molar-refractivity contribution in [2.24, 2.45) is 0 Å². The normalized spacial score (nSPS) is 13.2. The second-order valence-electron chi connectivity index (χ2n) is 6.49. The highest BCUT2D eigenvalue weighted by molar-refractivity contribution is 7.12. The summed E-state index contributed by atoms with van der Waals surface area (Å²) in [6.45, 7) is 8.63. The Kier molecular flexibility index (Phi) is 4.74. The summed E-state index contributed by atoms with van der Waals surface area (Å²) < 4.78 is 5.39. The highest BCUT2D eigenvalue weighted by atomic mass is 32.1. The fraction of sp³-hybridized carbons (Fsp3) is 0.444. The van der Waals surface area contributed by atoms with Crippen LogP contribution >= 0.6 is 11.3 Å². The van der Waals surface area contributed by atoms with Crippen molar-refractivity contribution in [3.8, 4) is 5.75 Å². The van der Waals surface area contributed by atoms with Crippen molar-refractivity contribution in [1.29, 1.82) is 0 Å². The first-order chi connectivity index (χ1) is 9.81. The van der Waals surface area contributed by atoms with Gasteiger partial charge in [-0.05, 0) is 36.1 Å². The lowest BCUT2D eigenvalue weighted by Gasteiger charge is -2.16. The topological polar surface area (TPSA) is 29.5 Å². The van der Waals surface area contributed by atoms with Crippen LogP contribution in [0.15, 0.2) is 30.3 Å². The first-order valence-electron chi connectivity index (χ1n) is 7.23. The summed E-state index contributed by atoms with van der Waals surface area (Å²) in [6.07, 6.45) is 0.0939. The van der Waals surface area contributed by atoms with E-state index in [2.05, 4.69) is 39.8 Å². The van der Waals surface area contributed by atoms with Crippen molar-refractivity contribution in [3.05, 3.63) is 51.2 Å². The molecule has 1 unspecified atom stereocenters. The molecule has 0 aliphatic rings. The zero-order valence-electron chi connectivity index (χ0n) is 13.4. The minimum absolute atomic E-state index is 0.129. The van der Waals surface area contributed by atoms with E-state index in [1.165, 1.54) is 10.4 Å². The van der Waals surface area contributed by atoms with Crippen LogP contribution in [0.5, 0.6) is 5.75 Å². The van der Waals surface area contributed by atoms with Crippen LogP contribution in [0.4, 0.5) is 0 Å². The van der Waals surface area contributed by atoms with Gasteiger partial charge in [-0.1, -0.05) is 38.5 Å². The van der Waals surface area contributed by atoms with E-state index in [0.29, 0.717) is 6.42 Å². The van der Waals surface area contributed by atoms with E-state index in [0.717, 1.165) is 16.2 Å².